The van der Waals surface area contributed by atoms with Gasteiger partial charge in [0.1, 0.15) is 0 Å². The van der Waals surface area contributed by atoms with Crippen LogP contribution in [-0.2, 0) is 43.9 Å². The first kappa shape index (κ1) is 10.8. The molecule has 7 heavy (non-hydrogen) atoms. The molecule has 0 bridgehead atoms. The summed E-state index contributed by atoms with van der Waals surface area (Å²) in [7, 11) is 0. The van der Waals surface area contributed by atoms with Crippen molar-refractivity contribution in [2.75, 3.05) is 0 Å². The third-order valence-electron chi connectivity index (χ3n) is 0.232. The van der Waals surface area contributed by atoms with Crippen LogP contribution in [0.25, 0.3) is 0 Å². The minimum absolute atomic E-state index is 0. The molecular formula is CH2Cu2O4. The molecule has 0 unspecified atom stereocenters. The largest absolute Gasteiger partial charge is 0.461 e. The molecule has 1 aliphatic heterocycles. The Hall–Kier alpha value is 0.879. The van der Waals surface area contributed by atoms with Gasteiger partial charge in [-0.2, -0.15) is 0 Å². The summed E-state index contributed by atoms with van der Waals surface area (Å²) in [6, 6.07) is 0. The predicted molar refractivity (Wildman–Crippen MR) is 9.34 cm³/mol. The van der Waals surface area contributed by atoms with Gasteiger partial charge in [-0.05, 0) is 0 Å². The van der Waals surface area contributed by atoms with E-state index in [1.54, 1.807) is 0 Å². The maximum Gasteiger partial charge on any atom is 0.461 e. The minimum atomic E-state index is -2.25. The first-order valence-electron chi connectivity index (χ1n) is 1.02. The van der Waals surface area contributed by atoms with Crippen molar-refractivity contribution in [3.05, 3.63) is 0 Å². The molecule has 0 aromatic heterocycles. The van der Waals surface area contributed by atoms with Crippen LogP contribution < -0.4 is 0 Å². The number of rotatable bonds is 0. The van der Waals surface area contributed by atoms with Gasteiger partial charge in [0.2, 0.25) is 0 Å². The predicted octanol–water partition coefficient (Wildman–Crippen LogP) is -1.46. The van der Waals surface area contributed by atoms with E-state index >= 15 is 0 Å². The molecule has 2 radical (unpaired) electrons. The zero-order valence-corrected chi connectivity index (χ0v) is 4.70. The molecule has 1 heterocycles. The van der Waals surface area contributed by atoms with Gasteiger partial charge < -0.3 is 10.2 Å². The molecule has 0 amide bonds. The fraction of sp³-hybridized carbons (Fsp3) is 1.00. The van der Waals surface area contributed by atoms with Crippen LogP contribution in [0.15, 0.2) is 0 Å². The Balaban J connectivity index is 0. The Morgan fingerprint density at radius 3 is 1.14 bits per heavy atom. The van der Waals surface area contributed by atoms with Gasteiger partial charge in [0, 0.05) is 34.1 Å². The molecule has 0 spiro atoms. The summed E-state index contributed by atoms with van der Waals surface area (Å²) in [6.07, 6.45) is -2.25. The van der Waals surface area contributed by atoms with Crippen LogP contribution in [0.1, 0.15) is 0 Å². The summed E-state index contributed by atoms with van der Waals surface area (Å²) in [5, 5.41) is 15.5. The van der Waals surface area contributed by atoms with Crippen molar-refractivity contribution in [3.63, 3.8) is 0 Å². The van der Waals surface area contributed by atoms with Crippen molar-refractivity contribution in [2.45, 2.75) is 6.16 Å². The fourth-order valence-corrected chi connectivity index (χ4v) is 0.0373. The molecule has 1 fully saturated rings. The molecule has 0 aromatic rings. The molecule has 0 saturated carbocycles. The number of hydrogen-bond donors (Lipinski definition) is 2. The van der Waals surface area contributed by atoms with Crippen LogP contribution in [0.5, 0.6) is 0 Å². The van der Waals surface area contributed by atoms with E-state index in [9.17, 15) is 0 Å². The second kappa shape index (κ2) is 3.02. The van der Waals surface area contributed by atoms with Crippen molar-refractivity contribution in [2.24, 2.45) is 0 Å². The van der Waals surface area contributed by atoms with E-state index in [1.165, 1.54) is 0 Å². The summed E-state index contributed by atoms with van der Waals surface area (Å²) in [4.78, 5) is 7.01. The fourth-order valence-electron chi connectivity index (χ4n) is 0.0373. The van der Waals surface area contributed by atoms with E-state index in [1.807, 2.05) is 0 Å². The molecular weight excluding hydrogens is 203 g/mol. The molecule has 0 aromatic carbocycles. The van der Waals surface area contributed by atoms with Crippen molar-refractivity contribution in [1.82, 2.24) is 0 Å². The van der Waals surface area contributed by atoms with Gasteiger partial charge in [-0.15, -0.1) is 9.78 Å². The van der Waals surface area contributed by atoms with Crippen LogP contribution >= 0.6 is 0 Å². The average Bonchev–Trinajstić information content (AvgIpc) is 1.76. The quantitative estimate of drug-likeness (QED) is 0.219. The van der Waals surface area contributed by atoms with E-state index < -0.39 is 6.16 Å². The van der Waals surface area contributed by atoms with E-state index in [0.717, 1.165) is 0 Å². The Labute approximate surface area is 60.7 Å². The minimum Gasteiger partial charge on any atom is -0.315 e. The second-order valence-corrected chi connectivity index (χ2v) is 0.715. The maximum absolute atomic E-state index is 7.74. The van der Waals surface area contributed by atoms with Crippen LogP contribution in [0.3, 0.4) is 0 Å². The number of hydrogen-bond acceptors (Lipinski definition) is 4. The summed E-state index contributed by atoms with van der Waals surface area (Å²) in [5.41, 5.74) is 0. The Bertz CT molecular complexity index is 47.7. The van der Waals surface area contributed by atoms with Gasteiger partial charge in [0.15, 0.2) is 0 Å². The third-order valence-corrected chi connectivity index (χ3v) is 0.232. The van der Waals surface area contributed by atoms with E-state index in [4.69, 9.17) is 10.2 Å². The van der Waals surface area contributed by atoms with Gasteiger partial charge >= 0.3 is 6.16 Å². The van der Waals surface area contributed by atoms with Crippen molar-refractivity contribution < 1.29 is 54.1 Å². The topological polar surface area (TPSA) is 65.5 Å². The van der Waals surface area contributed by atoms with Crippen molar-refractivity contribution in [1.29, 1.82) is 0 Å². The molecule has 2 N–H and O–H groups in total. The maximum atomic E-state index is 7.74. The van der Waals surface area contributed by atoms with Gasteiger partial charge in [-0.3, -0.25) is 0 Å². The third kappa shape index (κ3) is 4.74. The summed E-state index contributed by atoms with van der Waals surface area (Å²) < 4.78 is 0. The second-order valence-electron chi connectivity index (χ2n) is 0.715. The molecule has 6 heteroatoms. The van der Waals surface area contributed by atoms with Gasteiger partial charge in [0.05, 0.1) is 0 Å². The average molecular weight is 205 g/mol. The molecule has 0 atom stereocenters. The van der Waals surface area contributed by atoms with Crippen LogP contribution in [-0.4, -0.2) is 16.4 Å². The van der Waals surface area contributed by atoms with Crippen LogP contribution in [0.4, 0.5) is 0 Å². The summed E-state index contributed by atoms with van der Waals surface area (Å²) >= 11 is 0. The smallest absolute Gasteiger partial charge is 0.315 e. The first-order chi connectivity index (χ1) is 2.21. The molecule has 1 aliphatic rings. The standard InChI is InChI=1S/CH2O4.2Cu/c2-1(3)4-5-1;;/h2-3H;;. The van der Waals surface area contributed by atoms with E-state index in [2.05, 4.69) is 9.78 Å². The molecule has 1 saturated heterocycles. The number of aliphatic hydroxyl groups is 2. The zero-order valence-electron chi connectivity index (χ0n) is 2.81. The molecule has 52 valence electrons. The monoisotopic (exact) mass is 204 g/mol. The SMILES string of the molecule is OC1(O)OO1.[Cu].[Cu]. The summed E-state index contributed by atoms with van der Waals surface area (Å²) in [5.74, 6) is 0. The van der Waals surface area contributed by atoms with E-state index in [0.29, 0.717) is 0 Å². The van der Waals surface area contributed by atoms with Crippen LogP contribution in [0.2, 0.25) is 0 Å². The van der Waals surface area contributed by atoms with Gasteiger partial charge in [-0.1, -0.05) is 0 Å². The van der Waals surface area contributed by atoms with Gasteiger partial charge in [-0.25, -0.2) is 0 Å². The molecule has 1 rings (SSSR count). The molecule has 0 aliphatic carbocycles. The zero-order chi connectivity index (χ0) is 3.91. The van der Waals surface area contributed by atoms with Crippen LogP contribution in [0, 0.1) is 0 Å². The normalized spacial score (nSPS) is 21.4. The Morgan fingerprint density at radius 1 is 1.00 bits per heavy atom. The van der Waals surface area contributed by atoms with Crippen molar-refractivity contribution >= 4 is 0 Å². The molecule has 4 nitrogen and oxygen atoms in total. The Morgan fingerprint density at radius 2 is 1.14 bits per heavy atom. The van der Waals surface area contributed by atoms with E-state index in [-0.39, 0.29) is 34.1 Å². The van der Waals surface area contributed by atoms with Gasteiger partial charge in [0.25, 0.3) is 0 Å². The Kier molecular flexibility index (Phi) is 4.65. The van der Waals surface area contributed by atoms with Crippen molar-refractivity contribution in [3.8, 4) is 0 Å². The first-order valence-corrected chi connectivity index (χ1v) is 1.02. The summed E-state index contributed by atoms with van der Waals surface area (Å²) in [6.45, 7) is 0.